The Morgan fingerprint density at radius 3 is 2.83 bits per heavy atom. The number of likely N-dealkylation sites (tertiary alicyclic amines) is 1. The molecule has 24 heavy (non-hydrogen) atoms. The minimum atomic E-state index is -3.24. The lowest BCUT2D eigenvalue weighted by Crippen LogP contribution is -2.49. The van der Waals surface area contributed by atoms with Gasteiger partial charge in [-0.05, 0) is 37.3 Å². The summed E-state index contributed by atoms with van der Waals surface area (Å²) >= 11 is 0. The number of nitrogens with one attached hydrogen (secondary N) is 1. The Labute approximate surface area is 143 Å². The van der Waals surface area contributed by atoms with E-state index < -0.39 is 10.0 Å². The van der Waals surface area contributed by atoms with Crippen molar-refractivity contribution < 1.29 is 17.6 Å². The second-order valence-electron chi connectivity index (χ2n) is 7.19. The first-order valence-corrected chi connectivity index (χ1v) is 10.5. The molecule has 0 aromatic carbocycles. The van der Waals surface area contributed by atoms with E-state index in [1.165, 1.54) is 6.42 Å². The highest BCUT2D eigenvalue weighted by Crippen LogP contribution is 2.47. The fraction of sp³-hybridized carbons (Fsp3) is 0.706. The van der Waals surface area contributed by atoms with Crippen molar-refractivity contribution in [1.82, 2.24) is 9.62 Å². The molecular formula is C17H26N2O4S. The van der Waals surface area contributed by atoms with Crippen molar-refractivity contribution >= 4 is 15.9 Å². The van der Waals surface area contributed by atoms with Gasteiger partial charge in [-0.1, -0.05) is 6.92 Å². The summed E-state index contributed by atoms with van der Waals surface area (Å²) in [6.07, 6.45) is 4.94. The number of rotatable bonds is 6. The predicted octanol–water partition coefficient (Wildman–Crippen LogP) is 1.88. The van der Waals surface area contributed by atoms with E-state index in [0.717, 1.165) is 30.6 Å². The van der Waals surface area contributed by atoms with E-state index in [4.69, 9.17) is 4.42 Å². The van der Waals surface area contributed by atoms with Crippen molar-refractivity contribution in [2.75, 3.05) is 19.3 Å². The highest BCUT2D eigenvalue weighted by Gasteiger charge is 2.36. The Kier molecular flexibility index (Phi) is 5.01. The first-order chi connectivity index (χ1) is 11.3. The van der Waals surface area contributed by atoms with Gasteiger partial charge in [0.15, 0.2) is 0 Å². The molecule has 7 heteroatoms. The van der Waals surface area contributed by atoms with Crippen molar-refractivity contribution in [2.45, 2.75) is 51.0 Å². The zero-order chi connectivity index (χ0) is 17.3. The van der Waals surface area contributed by atoms with E-state index in [-0.39, 0.29) is 11.9 Å². The number of sulfonamides is 1. The second-order valence-corrected chi connectivity index (χ2v) is 8.97. The molecular weight excluding hydrogens is 328 g/mol. The minimum Gasteiger partial charge on any atom is -0.466 e. The molecule has 1 aliphatic carbocycles. The number of aryl methyl sites for hydroxylation is 1. The summed E-state index contributed by atoms with van der Waals surface area (Å²) in [5.41, 5.74) is 0. The Bertz CT molecular complexity index is 697. The third kappa shape index (κ3) is 4.60. The van der Waals surface area contributed by atoms with E-state index in [1.54, 1.807) is 4.90 Å². The van der Waals surface area contributed by atoms with Gasteiger partial charge in [0.25, 0.3) is 0 Å². The van der Waals surface area contributed by atoms with Gasteiger partial charge in [-0.25, -0.2) is 13.1 Å². The minimum absolute atomic E-state index is 0.0627. The number of carbonyl (C=O) groups excluding carboxylic acids is 1. The van der Waals surface area contributed by atoms with Crippen molar-refractivity contribution in [3.05, 3.63) is 23.7 Å². The summed E-state index contributed by atoms with van der Waals surface area (Å²) in [6, 6.07) is 3.82. The van der Waals surface area contributed by atoms with Gasteiger partial charge in [-0.15, -0.1) is 0 Å². The standard InChI is InChI=1S/C17H26N2O4S/c1-12-10-15(12)16-7-5-14(23-16)6-8-17(20)19-9-3-4-13(11-19)18-24(2,21)22/h5,7,12-13,15,18H,3-4,6,8-11H2,1-2H3/t12-,13-,15+/m1/s1. The lowest BCUT2D eigenvalue weighted by molar-refractivity contribution is -0.132. The number of nitrogens with zero attached hydrogens (tertiary/aromatic N) is 1. The molecule has 2 fully saturated rings. The number of piperidine rings is 1. The van der Waals surface area contributed by atoms with Gasteiger partial charge in [-0.3, -0.25) is 4.79 Å². The highest BCUT2D eigenvalue weighted by molar-refractivity contribution is 7.88. The number of hydrogen-bond donors (Lipinski definition) is 1. The molecule has 0 spiro atoms. The van der Waals surface area contributed by atoms with Gasteiger partial charge in [0.05, 0.1) is 6.26 Å². The average molecular weight is 354 g/mol. The molecule has 0 unspecified atom stereocenters. The summed E-state index contributed by atoms with van der Waals surface area (Å²) in [7, 11) is -3.24. The third-order valence-electron chi connectivity index (χ3n) is 4.90. The van der Waals surface area contributed by atoms with Crippen LogP contribution in [0.5, 0.6) is 0 Å². The quantitative estimate of drug-likeness (QED) is 0.846. The molecule has 2 aliphatic rings. The van der Waals surface area contributed by atoms with E-state index in [1.807, 2.05) is 12.1 Å². The van der Waals surface area contributed by atoms with Crippen molar-refractivity contribution in [2.24, 2.45) is 5.92 Å². The smallest absolute Gasteiger partial charge is 0.223 e. The first kappa shape index (κ1) is 17.5. The second kappa shape index (κ2) is 6.88. The molecule has 1 aromatic rings. The molecule has 134 valence electrons. The van der Waals surface area contributed by atoms with E-state index >= 15 is 0 Å². The lowest BCUT2D eigenvalue weighted by Gasteiger charge is -2.32. The lowest BCUT2D eigenvalue weighted by atomic mass is 10.1. The monoisotopic (exact) mass is 354 g/mol. The molecule has 1 aromatic heterocycles. The molecule has 1 saturated heterocycles. The van der Waals surface area contributed by atoms with Crippen LogP contribution in [0.25, 0.3) is 0 Å². The van der Waals surface area contributed by atoms with E-state index in [0.29, 0.717) is 37.8 Å². The fourth-order valence-electron chi connectivity index (χ4n) is 3.44. The molecule has 6 nitrogen and oxygen atoms in total. The van der Waals surface area contributed by atoms with Crippen LogP contribution >= 0.6 is 0 Å². The van der Waals surface area contributed by atoms with Gasteiger partial charge in [0.1, 0.15) is 11.5 Å². The number of carbonyl (C=O) groups is 1. The normalized spacial score (nSPS) is 27.2. The van der Waals surface area contributed by atoms with Crippen LogP contribution < -0.4 is 4.72 Å². The summed E-state index contributed by atoms with van der Waals surface area (Å²) < 4.78 is 31.1. The Morgan fingerprint density at radius 2 is 2.17 bits per heavy atom. The Balaban J connectivity index is 1.48. The molecule has 1 aliphatic heterocycles. The van der Waals surface area contributed by atoms with E-state index in [2.05, 4.69) is 11.6 Å². The third-order valence-corrected chi connectivity index (χ3v) is 5.66. The average Bonchev–Trinajstić information content (AvgIpc) is 3.05. The van der Waals surface area contributed by atoms with Crippen LogP contribution in [0.1, 0.15) is 50.0 Å². The molecule has 3 atom stereocenters. The van der Waals surface area contributed by atoms with Crippen molar-refractivity contribution in [3.8, 4) is 0 Å². The van der Waals surface area contributed by atoms with Crippen LogP contribution in [0.4, 0.5) is 0 Å². The zero-order valence-corrected chi connectivity index (χ0v) is 15.1. The molecule has 0 bridgehead atoms. The largest absolute Gasteiger partial charge is 0.466 e. The molecule has 1 saturated carbocycles. The Morgan fingerprint density at radius 1 is 1.42 bits per heavy atom. The Hall–Kier alpha value is -1.34. The van der Waals surface area contributed by atoms with Crippen LogP contribution in [0.15, 0.2) is 16.5 Å². The molecule has 3 rings (SSSR count). The number of amides is 1. The summed E-state index contributed by atoms with van der Waals surface area (Å²) in [5, 5.41) is 0. The maximum absolute atomic E-state index is 12.4. The molecule has 0 radical (unpaired) electrons. The maximum atomic E-state index is 12.4. The van der Waals surface area contributed by atoms with Gasteiger partial charge in [0, 0.05) is 37.9 Å². The molecule has 1 amide bonds. The van der Waals surface area contributed by atoms with E-state index in [9.17, 15) is 13.2 Å². The molecule has 1 N–H and O–H groups in total. The predicted molar refractivity (Wildman–Crippen MR) is 91.1 cm³/mol. The maximum Gasteiger partial charge on any atom is 0.223 e. The summed E-state index contributed by atoms with van der Waals surface area (Å²) in [4.78, 5) is 14.2. The van der Waals surface area contributed by atoms with Crippen LogP contribution in [0.3, 0.4) is 0 Å². The van der Waals surface area contributed by atoms with Crippen molar-refractivity contribution in [1.29, 1.82) is 0 Å². The van der Waals surface area contributed by atoms with Crippen LogP contribution in [-0.2, 0) is 21.2 Å². The van der Waals surface area contributed by atoms with Gasteiger partial charge < -0.3 is 9.32 Å². The van der Waals surface area contributed by atoms with Crippen LogP contribution in [-0.4, -0.2) is 44.6 Å². The number of hydrogen-bond acceptors (Lipinski definition) is 4. The summed E-state index contributed by atoms with van der Waals surface area (Å²) in [5.74, 6) is 3.23. The van der Waals surface area contributed by atoms with Gasteiger partial charge >= 0.3 is 0 Å². The fourth-order valence-corrected chi connectivity index (χ4v) is 4.24. The molecule has 2 heterocycles. The first-order valence-electron chi connectivity index (χ1n) is 8.65. The van der Waals surface area contributed by atoms with Crippen molar-refractivity contribution in [3.63, 3.8) is 0 Å². The van der Waals surface area contributed by atoms with Crippen LogP contribution in [0.2, 0.25) is 0 Å². The van der Waals surface area contributed by atoms with Crippen LogP contribution in [0, 0.1) is 5.92 Å². The topological polar surface area (TPSA) is 79.6 Å². The number of furan rings is 1. The van der Waals surface area contributed by atoms with Gasteiger partial charge in [0.2, 0.25) is 15.9 Å². The highest BCUT2D eigenvalue weighted by atomic mass is 32.2. The zero-order valence-electron chi connectivity index (χ0n) is 14.3. The summed E-state index contributed by atoms with van der Waals surface area (Å²) in [6.45, 7) is 3.37. The van der Waals surface area contributed by atoms with Gasteiger partial charge in [-0.2, -0.15) is 0 Å². The SMILES string of the molecule is C[C@@H]1C[C@@H]1c1ccc(CCC(=O)N2CCC[C@@H](NS(C)(=O)=O)C2)o1.